The Labute approximate surface area is 118 Å². The van der Waals surface area contributed by atoms with Crippen LogP contribution in [-0.2, 0) is 5.41 Å². The molecule has 1 aromatic heterocycles. The summed E-state index contributed by atoms with van der Waals surface area (Å²) in [6, 6.07) is 6.15. The van der Waals surface area contributed by atoms with Crippen LogP contribution in [0, 0.1) is 0 Å². The summed E-state index contributed by atoms with van der Waals surface area (Å²) in [4.78, 5) is 4.49. The van der Waals surface area contributed by atoms with Crippen LogP contribution >= 0.6 is 31.9 Å². The van der Waals surface area contributed by atoms with Gasteiger partial charge in [0.1, 0.15) is 5.82 Å². The lowest BCUT2D eigenvalue weighted by atomic mass is 9.86. The van der Waals surface area contributed by atoms with E-state index in [4.69, 9.17) is 5.73 Å². The molecule has 1 heterocycles. The number of fused-ring (bicyclic) bond motifs is 1. The fourth-order valence-electron chi connectivity index (χ4n) is 1.82. The second-order valence-corrected chi connectivity index (χ2v) is 6.90. The quantitative estimate of drug-likeness (QED) is 0.745. The van der Waals surface area contributed by atoms with Gasteiger partial charge in [0.25, 0.3) is 0 Å². The number of pyridine rings is 1. The van der Waals surface area contributed by atoms with Gasteiger partial charge in [-0.3, -0.25) is 0 Å². The molecule has 2 N–H and O–H groups in total. The maximum Gasteiger partial charge on any atom is 0.127 e. The molecule has 0 amide bonds. The van der Waals surface area contributed by atoms with Crippen LogP contribution < -0.4 is 5.73 Å². The molecule has 1 aromatic carbocycles. The predicted octanol–water partition coefficient (Wildman–Crippen LogP) is 4.64. The van der Waals surface area contributed by atoms with E-state index in [1.54, 1.807) is 0 Å². The molecule has 4 heteroatoms. The number of nitrogens with two attached hydrogens (primary N) is 1. The summed E-state index contributed by atoms with van der Waals surface area (Å²) >= 11 is 7.00. The minimum atomic E-state index is 0.0000666. The lowest BCUT2D eigenvalue weighted by Gasteiger charge is -2.21. The van der Waals surface area contributed by atoms with Crippen molar-refractivity contribution in [3.63, 3.8) is 0 Å². The van der Waals surface area contributed by atoms with Gasteiger partial charge in [-0.05, 0) is 39.5 Å². The summed E-state index contributed by atoms with van der Waals surface area (Å²) in [5.41, 5.74) is 8.02. The Balaban J connectivity index is 2.81. The molecule has 0 spiro atoms. The zero-order valence-corrected chi connectivity index (χ0v) is 13.2. The lowest BCUT2D eigenvalue weighted by molar-refractivity contribution is 0.591. The van der Waals surface area contributed by atoms with Gasteiger partial charge in [0.05, 0.1) is 5.52 Å². The van der Waals surface area contributed by atoms with Crippen molar-refractivity contribution in [3.8, 4) is 0 Å². The summed E-state index contributed by atoms with van der Waals surface area (Å²) < 4.78 is 1.98. The molecular weight excluding hydrogens is 344 g/mol. The fraction of sp³-hybridized carbons (Fsp3) is 0.308. The van der Waals surface area contributed by atoms with Gasteiger partial charge in [0, 0.05) is 19.9 Å². The number of rotatable bonds is 0. The highest BCUT2D eigenvalue weighted by molar-refractivity contribution is 9.11. The average Bonchev–Trinajstić information content (AvgIpc) is 2.16. The number of anilines is 1. The molecular formula is C13H14Br2N2. The van der Waals surface area contributed by atoms with Crippen LogP contribution in [0.2, 0.25) is 0 Å². The van der Waals surface area contributed by atoms with Crippen molar-refractivity contribution < 1.29 is 0 Å². The first-order chi connectivity index (χ1) is 7.79. The highest BCUT2D eigenvalue weighted by atomic mass is 79.9. The first-order valence-electron chi connectivity index (χ1n) is 5.35. The standard InChI is InChI=1S/C13H14Br2N2/c1-13(2,3)9-5-7-4-8(14)6-10(15)11(7)17-12(9)16/h4-6H,1-3H3,(H2,16,17). The zero-order chi connectivity index (χ0) is 12.8. The fourth-order valence-corrected chi connectivity index (χ4v) is 3.17. The van der Waals surface area contributed by atoms with E-state index < -0.39 is 0 Å². The first kappa shape index (κ1) is 12.8. The predicted molar refractivity (Wildman–Crippen MR) is 80.3 cm³/mol. The molecule has 0 aliphatic heterocycles. The topological polar surface area (TPSA) is 38.9 Å². The minimum absolute atomic E-state index is 0.0000666. The molecule has 0 radical (unpaired) electrons. The number of aromatic nitrogens is 1. The van der Waals surface area contributed by atoms with Crippen molar-refractivity contribution in [2.75, 3.05) is 5.73 Å². The Morgan fingerprint density at radius 2 is 1.76 bits per heavy atom. The third-order valence-corrected chi connectivity index (χ3v) is 3.74. The molecule has 17 heavy (non-hydrogen) atoms. The molecule has 2 aromatic rings. The lowest BCUT2D eigenvalue weighted by Crippen LogP contribution is -2.15. The Bertz CT molecular complexity index is 586. The Morgan fingerprint density at radius 1 is 1.12 bits per heavy atom. The molecule has 0 saturated heterocycles. The van der Waals surface area contributed by atoms with E-state index in [1.807, 2.05) is 6.07 Å². The van der Waals surface area contributed by atoms with Crippen molar-refractivity contribution in [1.82, 2.24) is 4.98 Å². The van der Waals surface area contributed by atoms with E-state index >= 15 is 0 Å². The average molecular weight is 358 g/mol. The van der Waals surface area contributed by atoms with Crippen LogP contribution in [0.4, 0.5) is 5.82 Å². The van der Waals surface area contributed by atoms with Crippen LogP contribution in [0.5, 0.6) is 0 Å². The van der Waals surface area contributed by atoms with Crippen molar-refractivity contribution in [1.29, 1.82) is 0 Å². The number of halogens is 2. The smallest absolute Gasteiger partial charge is 0.127 e. The number of benzene rings is 1. The van der Waals surface area contributed by atoms with E-state index in [-0.39, 0.29) is 5.41 Å². The van der Waals surface area contributed by atoms with Crippen molar-refractivity contribution in [3.05, 3.63) is 32.7 Å². The van der Waals surface area contributed by atoms with E-state index in [9.17, 15) is 0 Å². The maximum absolute atomic E-state index is 6.04. The maximum atomic E-state index is 6.04. The first-order valence-corrected chi connectivity index (χ1v) is 6.93. The van der Waals surface area contributed by atoms with E-state index in [0.29, 0.717) is 5.82 Å². The monoisotopic (exact) mass is 356 g/mol. The van der Waals surface area contributed by atoms with Gasteiger partial charge >= 0.3 is 0 Å². The van der Waals surface area contributed by atoms with Gasteiger partial charge in [-0.25, -0.2) is 4.98 Å². The van der Waals surface area contributed by atoms with Crippen LogP contribution in [0.25, 0.3) is 10.9 Å². The molecule has 0 fully saturated rings. The van der Waals surface area contributed by atoms with Crippen LogP contribution in [0.15, 0.2) is 27.1 Å². The highest BCUT2D eigenvalue weighted by Crippen LogP contribution is 2.33. The van der Waals surface area contributed by atoms with Crippen molar-refractivity contribution in [2.45, 2.75) is 26.2 Å². The Hall–Kier alpha value is -0.610. The largest absolute Gasteiger partial charge is 0.383 e. The molecule has 0 bridgehead atoms. The molecule has 2 nitrogen and oxygen atoms in total. The number of nitrogens with zero attached hydrogens (tertiary/aromatic N) is 1. The van der Waals surface area contributed by atoms with Gasteiger partial charge in [0.15, 0.2) is 0 Å². The molecule has 0 aliphatic rings. The van der Waals surface area contributed by atoms with Gasteiger partial charge in [-0.2, -0.15) is 0 Å². The second-order valence-electron chi connectivity index (χ2n) is 5.13. The van der Waals surface area contributed by atoms with E-state index in [2.05, 4.69) is 69.7 Å². The molecule has 0 unspecified atom stereocenters. The minimum Gasteiger partial charge on any atom is -0.383 e. The van der Waals surface area contributed by atoms with Gasteiger partial charge in [-0.15, -0.1) is 0 Å². The van der Waals surface area contributed by atoms with Crippen LogP contribution in [-0.4, -0.2) is 4.98 Å². The van der Waals surface area contributed by atoms with Gasteiger partial charge in [-0.1, -0.05) is 36.7 Å². The summed E-state index contributed by atoms with van der Waals surface area (Å²) in [5, 5.41) is 1.09. The SMILES string of the molecule is CC(C)(C)c1cc2cc(Br)cc(Br)c2nc1N. The molecule has 0 saturated carbocycles. The highest BCUT2D eigenvalue weighted by Gasteiger charge is 2.19. The molecule has 0 aliphatic carbocycles. The third kappa shape index (κ3) is 2.47. The molecule has 2 rings (SSSR count). The summed E-state index contributed by atoms with van der Waals surface area (Å²) in [6.45, 7) is 6.41. The Morgan fingerprint density at radius 3 is 2.35 bits per heavy atom. The van der Waals surface area contributed by atoms with Crippen molar-refractivity contribution >= 4 is 48.6 Å². The number of hydrogen-bond acceptors (Lipinski definition) is 2. The van der Waals surface area contributed by atoms with E-state index in [0.717, 1.165) is 25.4 Å². The normalized spacial score (nSPS) is 12.1. The summed E-state index contributed by atoms with van der Waals surface area (Å²) in [5.74, 6) is 0.605. The summed E-state index contributed by atoms with van der Waals surface area (Å²) in [6.07, 6.45) is 0. The van der Waals surface area contributed by atoms with Crippen LogP contribution in [0.3, 0.4) is 0 Å². The molecule has 90 valence electrons. The second kappa shape index (κ2) is 4.25. The Kier molecular flexibility index (Phi) is 3.21. The van der Waals surface area contributed by atoms with Crippen molar-refractivity contribution in [2.24, 2.45) is 0 Å². The molecule has 0 atom stereocenters. The summed E-state index contributed by atoms with van der Waals surface area (Å²) in [7, 11) is 0. The van der Waals surface area contributed by atoms with Crippen LogP contribution in [0.1, 0.15) is 26.3 Å². The van der Waals surface area contributed by atoms with Gasteiger partial charge < -0.3 is 5.73 Å². The third-order valence-electron chi connectivity index (χ3n) is 2.67. The zero-order valence-electron chi connectivity index (χ0n) is 10.0. The van der Waals surface area contributed by atoms with Gasteiger partial charge in [0.2, 0.25) is 0 Å². The number of nitrogen functional groups attached to an aromatic ring is 1. The number of hydrogen-bond donors (Lipinski definition) is 1. The van der Waals surface area contributed by atoms with E-state index in [1.165, 1.54) is 0 Å².